The first kappa shape index (κ1) is 7.09. The summed E-state index contributed by atoms with van der Waals surface area (Å²) in [5.74, 6) is 0. The third-order valence-corrected chi connectivity index (χ3v) is 2.02. The molecule has 0 saturated carbocycles. The number of carbonyl (C=O) groups is 1. The molecule has 0 aliphatic carbocycles. The maximum atomic E-state index is 10.6. The standard InChI is InChI=1S/C8H9N3O/c1-5-8-6(2-9-5)3-10-11-7(8)4-12/h2-4,7,9,11H,1H3. The molecule has 4 nitrogen and oxygen atoms in total. The summed E-state index contributed by atoms with van der Waals surface area (Å²) in [6.45, 7) is 1.94. The molecule has 0 fully saturated rings. The molecule has 62 valence electrons. The fraction of sp³-hybridized carbons (Fsp3) is 0.250. The van der Waals surface area contributed by atoms with Crippen LogP contribution in [0.3, 0.4) is 0 Å². The lowest BCUT2D eigenvalue weighted by Crippen LogP contribution is -2.22. The van der Waals surface area contributed by atoms with E-state index in [2.05, 4.69) is 15.5 Å². The van der Waals surface area contributed by atoms with Crippen LogP contribution in [0.25, 0.3) is 0 Å². The lowest BCUT2D eigenvalue weighted by Gasteiger charge is -2.14. The molecular weight excluding hydrogens is 154 g/mol. The van der Waals surface area contributed by atoms with Crippen LogP contribution in [0.1, 0.15) is 22.9 Å². The molecule has 2 rings (SSSR count). The van der Waals surface area contributed by atoms with Gasteiger partial charge in [-0.1, -0.05) is 0 Å². The van der Waals surface area contributed by atoms with E-state index in [1.54, 1.807) is 6.21 Å². The molecule has 4 heteroatoms. The van der Waals surface area contributed by atoms with Gasteiger partial charge in [0.1, 0.15) is 12.3 Å². The van der Waals surface area contributed by atoms with Gasteiger partial charge in [0.05, 0.1) is 6.21 Å². The van der Waals surface area contributed by atoms with Crippen molar-refractivity contribution in [1.29, 1.82) is 0 Å². The Bertz CT molecular complexity index is 340. The molecule has 0 amide bonds. The van der Waals surface area contributed by atoms with Gasteiger partial charge in [-0.15, -0.1) is 0 Å². The van der Waals surface area contributed by atoms with Crippen LogP contribution < -0.4 is 5.43 Å². The highest BCUT2D eigenvalue weighted by Gasteiger charge is 2.19. The lowest BCUT2D eigenvalue weighted by molar-refractivity contribution is -0.109. The number of nitrogens with zero attached hydrogens (tertiary/aromatic N) is 1. The number of H-pyrrole nitrogens is 1. The van der Waals surface area contributed by atoms with E-state index in [1.807, 2.05) is 13.1 Å². The molecule has 0 bridgehead atoms. The Balaban J connectivity index is 2.55. The highest BCUT2D eigenvalue weighted by atomic mass is 16.1. The number of aromatic nitrogens is 1. The molecule has 1 atom stereocenters. The molecule has 0 spiro atoms. The maximum Gasteiger partial charge on any atom is 0.148 e. The fourth-order valence-electron chi connectivity index (χ4n) is 1.43. The Morgan fingerprint density at radius 2 is 2.50 bits per heavy atom. The van der Waals surface area contributed by atoms with E-state index in [9.17, 15) is 4.79 Å². The van der Waals surface area contributed by atoms with Gasteiger partial charge in [-0.3, -0.25) is 5.43 Å². The quantitative estimate of drug-likeness (QED) is 0.592. The van der Waals surface area contributed by atoms with Gasteiger partial charge in [-0.05, 0) is 6.92 Å². The van der Waals surface area contributed by atoms with Crippen LogP contribution in [-0.4, -0.2) is 17.5 Å². The highest BCUT2D eigenvalue weighted by molar-refractivity contribution is 5.86. The van der Waals surface area contributed by atoms with Crippen molar-refractivity contribution in [3.63, 3.8) is 0 Å². The zero-order chi connectivity index (χ0) is 8.55. The van der Waals surface area contributed by atoms with E-state index in [0.29, 0.717) is 0 Å². The van der Waals surface area contributed by atoms with Crippen molar-refractivity contribution in [3.05, 3.63) is 23.0 Å². The van der Waals surface area contributed by atoms with Gasteiger partial charge in [-0.25, -0.2) is 0 Å². The first-order valence-corrected chi connectivity index (χ1v) is 3.74. The average Bonchev–Trinajstić information content (AvgIpc) is 2.48. The van der Waals surface area contributed by atoms with Crippen molar-refractivity contribution in [2.75, 3.05) is 0 Å². The van der Waals surface area contributed by atoms with Crippen molar-refractivity contribution in [3.8, 4) is 0 Å². The highest BCUT2D eigenvalue weighted by Crippen LogP contribution is 2.21. The second kappa shape index (κ2) is 2.48. The van der Waals surface area contributed by atoms with Gasteiger partial charge < -0.3 is 9.78 Å². The van der Waals surface area contributed by atoms with Gasteiger partial charge in [0.2, 0.25) is 0 Å². The molecule has 2 N–H and O–H groups in total. The molecule has 2 heterocycles. The van der Waals surface area contributed by atoms with Crippen molar-refractivity contribution < 1.29 is 4.79 Å². The van der Waals surface area contributed by atoms with Crippen LogP contribution in [0, 0.1) is 6.92 Å². The Hall–Kier alpha value is -1.58. The minimum absolute atomic E-state index is 0.295. The van der Waals surface area contributed by atoms with Gasteiger partial charge >= 0.3 is 0 Å². The first-order valence-electron chi connectivity index (χ1n) is 3.74. The monoisotopic (exact) mass is 163 g/mol. The Labute approximate surface area is 69.7 Å². The summed E-state index contributed by atoms with van der Waals surface area (Å²) < 4.78 is 0. The zero-order valence-electron chi connectivity index (χ0n) is 6.66. The summed E-state index contributed by atoms with van der Waals surface area (Å²) in [5.41, 5.74) is 5.74. The number of hydrogen-bond donors (Lipinski definition) is 2. The SMILES string of the molecule is Cc1[nH]cc2c1C(C=O)NN=C2. The molecule has 1 aromatic heterocycles. The van der Waals surface area contributed by atoms with Crippen LogP contribution in [0.2, 0.25) is 0 Å². The minimum Gasteiger partial charge on any atom is -0.364 e. The Morgan fingerprint density at radius 1 is 1.67 bits per heavy atom. The smallest absolute Gasteiger partial charge is 0.148 e. The number of hydrazone groups is 1. The Morgan fingerprint density at radius 3 is 3.25 bits per heavy atom. The van der Waals surface area contributed by atoms with Gasteiger partial charge in [0, 0.05) is 23.0 Å². The predicted molar refractivity (Wildman–Crippen MR) is 45.1 cm³/mol. The number of aromatic amines is 1. The van der Waals surface area contributed by atoms with Crippen molar-refractivity contribution in [2.45, 2.75) is 13.0 Å². The summed E-state index contributed by atoms with van der Waals surface area (Å²) in [4.78, 5) is 13.7. The molecule has 0 aromatic carbocycles. The second-order valence-electron chi connectivity index (χ2n) is 2.78. The maximum absolute atomic E-state index is 10.6. The molecule has 1 aromatic rings. The molecule has 0 radical (unpaired) electrons. The van der Waals surface area contributed by atoms with E-state index < -0.39 is 0 Å². The van der Waals surface area contributed by atoms with Gasteiger partial charge in [0.15, 0.2) is 0 Å². The van der Waals surface area contributed by atoms with Crippen LogP contribution >= 0.6 is 0 Å². The number of nitrogens with one attached hydrogen (secondary N) is 2. The van der Waals surface area contributed by atoms with E-state index in [-0.39, 0.29) is 6.04 Å². The largest absolute Gasteiger partial charge is 0.364 e. The molecular formula is C8H9N3O. The number of rotatable bonds is 1. The Kier molecular flexibility index (Phi) is 1.46. The third kappa shape index (κ3) is 0.845. The lowest BCUT2D eigenvalue weighted by atomic mass is 10.0. The van der Waals surface area contributed by atoms with E-state index >= 15 is 0 Å². The van der Waals surface area contributed by atoms with Crippen LogP contribution in [0.4, 0.5) is 0 Å². The van der Waals surface area contributed by atoms with E-state index in [0.717, 1.165) is 23.1 Å². The molecule has 12 heavy (non-hydrogen) atoms. The van der Waals surface area contributed by atoms with Crippen molar-refractivity contribution >= 4 is 12.5 Å². The number of aryl methyl sites for hydroxylation is 1. The number of aldehydes is 1. The molecule has 1 aliphatic rings. The van der Waals surface area contributed by atoms with Crippen molar-refractivity contribution in [2.24, 2.45) is 5.10 Å². The summed E-state index contributed by atoms with van der Waals surface area (Å²) in [6.07, 6.45) is 4.42. The summed E-state index contributed by atoms with van der Waals surface area (Å²) in [7, 11) is 0. The molecule has 1 unspecified atom stereocenters. The summed E-state index contributed by atoms with van der Waals surface area (Å²) in [5, 5.41) is 3.86. The summed E-state index contributed by atoms with van der Waals surface area (Å²) >= 11 is 0. The van der Waals surface area contributed by atoms with Crippen LogP contribution in [0.5, 0.6) is 0 Å². The second-order valence-corrected chi connectivity index (χ2v) is 2.78. The minimum atomic E-state index is -0.295. The first-order chi connectivity index (χ1) is 5.83. The predicted octanol–water partition coefficient (Wildman–Crippen LogP) is 0.500. The van der Waals surface area contributed by atoms with Crippen LogP contribution in [-0.2, 0) is 4.79 Å². The molecule has 0 saturated heterocycles. The van der Waals surface area contributed by atoms with E-state index in [1.165, 1.54) is 0 Å². The number of hydrogen-bond acceptors (Lipinski definition) is 3. The number of fused-ring (bicyclic) bond motifs is 1. The zero-order valence-corrected chi connectivity index (χ0v) is 6.66. The topological polar surface area (TPSA) is 57.2 Å². The van der Waals surface area contributed by atoms with Crippen molar-refractivity contribution in [1.82, 2.24) is 10.4 Å². The normalized spacial score (nSPS) is 19.9. The van der Waals surface area contributed by atoms with Gasteiger partial charge in [0.25, 0.3) is 0 Å². The summed E-state index contributed by atoms with van der Waals surface area (Å²) in [6, 6.07) is -0.295. The van der Waals surface area contributed by atoms with Crippen LogP contribution in [0.15, 0.2) is 11.3 Å². The average molecular weight is 163 g/mol. The fourth-order valence-corrected chi connectivity index (χ4v) is 1.43. The molecule has 1 aliphatic heterocycles. The van der Waals surface area contributed by atoms with E-state index in [4.69, 9.17) is 0 Å². The number of carbonyl (C=O) groups excluding carboxylic acids is 1. The third-order valence-electron chi connectivity index (χ3n) is 2.02. The van der Waals surface area contributed by atoms with Gasteiger partial charge in [-0.2, -0.15) is 5.10 Å².